The Bertz CT molecular complexity index is 762. The van der Waals surface area contributed by atoms with E-state index in [0.29, 0.717) is 19.4 Å². The summed E-state index contributed by atoms with van der Waals surface area (Å²) in [5.41, 5.74) is -0.0983. The Labute approximate surface area is 146 Å². The molecule has 9 heteroatoms. The number of rotatable bonds is 5. The first-order valence-corrected chi connectivity index (χ1v) is 9.33. The number of piperidine rings is 1. The van der Waals surface area contributed by atoms with Crippen LogP contribution in [0.3, 0.4) is 0 Å². The van der Waals surface area contributed by atoms with Crippen molar-refractivity contribution < 1.29 is 27.5 Å². The number of hydrogen-bond donors (Lipinski definition) is 2. The van der Waals surface area contributed by atoms with Crippen LogP contribution in [0.4, 0.5) is 0 Å². The predicted octanol–water partition coefficient (Wildman–Crippen LogP) is 0.679. The van der Waals surface area contributed by atoms with E-state index in [0.717, 1.165) is 13.2 Å². The molecule has 0 saturated carbocycles. The fourth-order valence-electron chi connectivity index (χ4n) is 2.79. The van der Waals surface area contributed by atoms with Crippen LogP contribution in [0, 0.1) is 0 Å². The van der Waals surface area contributed by atoms with Crippen molar-refractivity contribution in [2.24, 2.45) is 0 Å². The summed E-state index contributed by atoms with van der Waals surface area (Å²) >= 11 is 0. The van der Waals surface area contributed by atoms with Crippen LogP contribution < -0.4 is 10.0 Å². The van der Waals surface area contributed by atoms with Crippen molar-refractivity contribution in [1.29, 1.82) is 0 Å². The van der Waals surface area contributed by atoms with Gasteiger partial charge in [0.15, 0.2) is 0 Å². The minimum Gasteiger partial charge on any atom is -0.465 e. The van der Waals surface area contributed by atoms with Gasteiger partial charge >= 0.3 is 11.9 Å². The maximum absolute atomic E-state index is 12.8. The van der Waals surface area contributed by atoms with Gasteiger partial charge in [-0.2, -0.15) is 0 Å². The van der Waals surface area contributed by atoms with Gasteiger partial charge in [0.1, 0.15) is 0 Å². The van der Waals surface area contributed by atoms with E-state index in [1.54, 1.807) is 0 Å². The van der Waals surface area contributed by atoms with E-state index < -0.39 is 22.0 Å². The van der Waals surface area contributed by atoms with Gasteiger partial charge in [0.2, 0.25) is 10.0 Å². The van der Waals surface area contributed by atoms with Gasteiger partial charge in [0, 0.05) is 12.1 Å². The molecule has 0 aromatic heterocycles. The summed E-state index contributed by atoms with van der Waals surface area (Å²) in [5.74, 6) is -1.49. The van der Waals surface area contributed by atoms with Crippen molar-refractivity contribution >= 4 is 22.0 Å². The highest BCUT2D eigenvalue weighted by Crippen LogP contribution is 2.21. The van der Waals surface area contributed by atoms with Crippen LogP contribution in [0.15, 0.2) is 23.1 Å². The normalized spacial score (nSPS) is 20.8. The molecular weight excluding hydrogens is 348 g/mol. The van der Waals surface area contributed by atoms with Gasteiger partial charge in [-0.15, -0.1) is 0 Å². The lowest BCUT2D eigenvalue weighted by Crippen LogP contribution is -2.46. The van der Waals surface area contributed by atoms with E-state index in [9.17, 15) is 18.0 Å². The van der Waals surface area contributed by atoms with Crippen LogP contribution in [-0.2, 0) is 19.5 Å². The smallest absolute Gasteiger partial charge is 0.339 e. The van der Waals surface area contributed by atoms with Gasteiger partial charge in [0.25, 0.3) is 0 Å². The van der Waals surface area contributed by atoms with Gasteiger partial charge in [-0.25, -0.2) is 22.7 Å². The van der Waals surface area contributed by atoms with E-state index in [2.05, 4.69) is 19.5 Å². The summed E-state index contributed by atoms with van der Waals surface area (Å²) in [6.45, 7) is 2.67. The number of ether oxygens (including phenoxy) is 2. The highest BCUT2D eigenvalue weighted by molar-refractivity contribution is 7.89. The molecule has 138 valence electrons. The van der Waals surface area contributed by atoms with E-state index in [1.165, 1.54) is 19.2 Å². The van der Waals surface area contributed by atoms with Gasteiger partial charge in [-0.05, 0) is 44.5 Å². The summed E-state index contributed by atoms with van der Waals surface area (Å²) in [7, 11) is -1.66. The second kappa shape index (κ2) is 7.94. The van der Waals surface area contributed by atoms with Crippen molar-refractivity contribution in [3.05, 3.63) is 29.3 Å². The van der Waals surface area contributed by atoms with Crippen LogP contribution in [0.2, 0.25) is 0 Å². The summed E-state index contributed by atoms with van der Waals surface area (Å²) in [6, 6.07) is 3.63. The SMILES string of the molecule is COC(=O)c1ccc(C(=O)OC)c(S(=O)(=O)NC2CCNC(C)C2)c1. The standard InChI is InChI=1S/C16H22N2O6S/c1-10-8-12(6-7-17-10)18-25(21,22)14-9-11(15(19)23-2)4-5-13(14)16(20)24-3/h4-5,9-10,12,17-18H,6-8H2,1-3H3. The Morgan fingerprint density at radius 3 is 2.48 bits per heavy atom. The Morgan fingerprint density at radius 1 is 1.20 bits per heavy atom. The summed E-state index contributed by atoms with van der Waals surface area (Å²) in [4.78, 5) is 23.4. The summed E-state index contributed by atoms with van der Waals surface area (Å²) in [5, 5.41) is 3.24. The molecule has 8 nitrogen and oxygen atoms in total. The van der Waals surface area contributed by atoms with Gasteiger partial charge in [0.05, 0.1) is 30.2 Å². The Morgan fingerprint density at radius 2 is 1.88 bits per heavy atom. The number of esters is 2. The van der Waals surface area contributed by atoms with E-state index in [1.807, 2.05) is 6.92 Å². The lowest BCUT2D eigenvalue weighted by Gasteiger charge is -2.28. The second-order valence-electron chi connectivity index (χ2n) is 5.89. The molecule has 2 atom stereocenters. The minimum absolute atomic E-state index is 0.0363. The molecule has 25 heavy (non-hydrogen) atoms. The average Bonchev–Trinajstić information content (AvgIpc) is 2.59. The number of carbonyl (C=O) groups excluding carboxylic acids is 2. The van der Waals surface area contributed by atoms with E-state index in [-0.39, 0.29) is 28.1 Å². The van der Waals surface area contributed by atoms with Gasteiger partial charge in [-0.3, -0.25) is 0 Å². The molecule has 1 aromatic carbocycles. The number of nitrogens with one attached hydrogen (secondary N) is 2. The third-order valence-corrected chi connectivity index (χ3v) is 5.60. The summed E-state index contributed by atoms with van der Waals surface area (Å²) < 4.78 is 37.5. The highest BCUT2D eigenvalue weighted by atomic mass is 32.2. The van der Waals surface area contributed by atoms with Crippen LogP contribution >= 0.6 is 0 Å². The fourth-order valence-corrected chi connectivity index (χ4v) is 4.29. The molecule has 0 bridgehead atoms. The Kier molecular flexibility index (Phi) is 6.15. The molecule has 1 saturated heterocycles. The molecule has 2 rings (SSSR count). The van der Waals surface area contributed by atoms with Crippen LogP contribution in [-0.4, -0.2) is 53.2 Å². The number of hydrogen-bond acceptors (Lipinski definition) is 7. The molecule has 1 fully saturated rings. The molecule has 2 unspecified atom stereocenters. The highest BCUT2D eigenvalue weighted by Gasteiger charge is 2.29. The maximum atomic E-state index is 12.8. The van der Waals surface area contributed by atoms with Crippen molar-refractivity contribution in [2.45, 2.75) is 36.7 Å². The van der Waals surface area contributed by atoms with Gasteiger partial charge < -0.3 is 14.8 Å². The molecular formula is C16H22N2O6S. The number of carbonyl (C=O) groups is 2. The molecule has 0 amide bonds. The van der Waals surface area contributed by atoms with Crippen LogP contribution in [0.5, 0.6) is 0 Å². The molecule has 0 spiro atoms. The first kappa shape index (κ1) is 19.4. The summed E-state index contributed by atoms with van der Waals surface area (Å²) in [6.07, 6.45) is 1.26. The fraction of sp³-hybridized carbons (Fsp3) is 0.500. The zero-order valence-electron chi connectivity index (χ0n) is 14.4. The molecule has 1 aromatic rings. The molecule has 0 aliphatic carbocycles. The maximum Gasteiger partial charge on any atom is 0.339 e. The lowest BCUT2D eigenvalue weighted by atomic mass is 10.0. The zero-order chi connectivity index (χ0) is 18.6. The largest absolute Gasteiger partial charge is 0.465 e. The third kappa shape index (κ3) is 4.56. The second-order valence-corrected chi connectivity index (χ2v) is 7.57. The molecule has 1 aliphatic rings. The van der Waals surface area contributed by atoms with Crippen molar-refractivity contribution in [3.63, 3.8) is 0 Å². The molecule has 0 radical (unpaired) electrons. The lowest BCUT2D eigenvalue weighted by molar-refractivity contribution is 0.0583. The van der Waals surface area contributed by atoms with Crippen molar-refractivity contribution in [2.75, 3.05) is 20.8 Å². The van der Waals surface area contributed by atoms with Crippen molar-refractivity contribution in [1.82, 2.24) is 10.0 Å². The topological polar surface area (TPSA) is 111 Å². The first-order valence-electron chi connectivity index (χ1n) is 7.85. The first-order chi connectivity index (χ1) is 11.8. The number of sulfonamides is 1. The quantitative estimate of drug-likeness (QED) is 0.733. The Hall–Kier alpha value is -1.97. The zero-order valence-corrected chi connectivity index (χ0v) is 15.2. The molecule has 2 N–H and O–H groups in total. The monoisotopic (exact) mass is 370 g/mol. The van der Waals surface area contributed by atoms with E-state index >= 15 is 0 Å². The Balaban J connectivity index is 2.41. The van der Waals surface area contributed by atoms with E-state index in [4.69, 9.17) is 0 Å². The van der Waals surface area contributed by atoms with Gasteiger partial charge in [-0.1, -0.05) is 0 Å². The van der Waals surface area contributed by atoms with Crippen molar-refractivity contribution in [3.8, 4) is 0 Å². The third-order valence-electron chi connectivity index (χ3n) is 4.04. The number of methoxy groups -OCH3 is 2. The minimum atomic E-state index is -4.02. The molecule has 1 aliphatic heterocycles. The van der Waals surface area contributed by atoms with Crippen LogP contribution in [0.25, 0.3) is 0 Å². The predicted molar refractivity (Wildman–Crippen MR) is 89.9 cm³/mol. The molecule has 1 heterocycles. The number of benzene rings is 1. The van der Waals surface area contributed by atoms with Crippen LogP contribution in [0.1, 0.15) is 40.5 Å². The average molecular weight is 370 g/mol.